The van der Waals surface area contributed by atoms with Crippen molar-refractivity contribution in [2.24, 2.45) is 5.41 Å². The van der Waals surface area contributed by atoms with Gasteiger partial charge < -0.3 is 4.74 Å². The molecule has 2 aromatic carbocycles. The van der Waals surface area contributed by atoms with Crippen LogP contribution in [0, 0.1) is 5.41 Å². The lowest BCUT2D eigenvalue weighted by Crippen LogP contribution is -2.30. The third-order valence-electron chi connectivity index (χ3n) is 5.58. The van der Waals surface area contributed by atoms with E-state index in [1.807, 2.05) is 18.2 Å². The van der Waals surface area contributed by atoms with E-state index in [4.69, 9.17) is 4.74 Å². The fourth-order valence-corrected chi connectivity index (χ4v) is 4.29. The Hall–Kier alpha value is -2.09. The van der Waals surface area contributed by atoms with Gasteiger partial charge in [0.1, 0.15) is 5.75 Å². The lowest BCUT2D eigenvalue weighted by Gasteiger charge is -2.31. The highest BCUT2D eigenvalue weighted by atomic mass is 16.5. The maximum atomic E-state index is 13.1. The average Bonchev–Trinajstić information content (AvgIpc) is 2.87. The predicted molar refractivity (Wildman–Crippen MR) is 92.0 cm³/mol. The number of ketones is 1. The van der Waals surface area contributed by atoms with Crippen LogP contribution in [0.15, 0.2) is 42.5 Å². The van der Waals surface area contributed by atoms with E-state index in [2.05, 4.69) is 24.3 Å². The topological polar surface area (TPSA) is 26.3 Å². The molecule has 0 atom stereocenters. The zero-order valence-corrected chi connectivity index (χ0v) is 13.6. The zero-order valence-electron chi connectivity index (χ0n) is 13.6. The van der Waals surface area contributed by atoms with Crippen molar-refractivity contribution in [2.45, 2.75) is 38.5 Å². The van der Waals surface area contributed by atoms with Crippen LogP contribution >= 0.6 is 0 Å². The van der Waals surface area contributed by atoms with Gasteiger partial charge in [0, 0.05) is 11.0 Å². The van der Waals surface area contributed by atoms with E-state index in [1.54, 1.807) is 7.11 Å². The molecule has 1 fully saturated rings. The fraction of sp³-hybridized carbons (Fsp3) is 0.381. The van der Waals surface area contributed by atoms with E-state index in [0.29, 0.717) is 5.78 Å². The third-order valence-corrected chi connectivity index (χ3v) is 5.58. The lowest BCUT2D eigenvalue weighted by molar-refractivity contribution is 0.0748. The Morgan fingerprint density at radius 1 is 0.957 bits per heavy atom. The fourth-order valence-electron chi connectivity index (χ4n) is 4.29. The number of ether oxygens (including phenoxy) is 1. The van der Waals surface area contributed by atoms with Crippen LogP contribution in [0.4, 0.5) is 0 Å². The molecule has 0 amide bonds. The Morgan fingerprint density at radius 3 is 2.52 bits per heavy atom. The van der Waals surface area contributed by atoms with Crippen LogP contribution < -0.4 is 4.74 Å². The van der Waals surface area contributed by atoms with Crippen molar-refractivity contribution in [3.05, 3.63) is 53.6 Å². The van der Waals surface area contributed by atoms with Gasteiger partial charge in [0.2, 0.25) is 0 Å². The summed E-state index contributed by atoms with van der Waals surface area (Å²) < 4.78 is 5.31. The summed E-state index contributed by atoms with van der Waals surface area (Å²) in [5.41, 5.74) is 4.30. The van der Waals surface area contributed by atoms with Gasteiger partial charge in [-0.05, 0) is 54.2 Å². The zero-order chi connectivity index (χ0) is 15.9. The second kappa shape index (κ2) is 5.52. The first-order valence-corrected chi connectivity index (χ1v) is 8.54. The summed E-state index contributed by atoms with van der Waals surface area (Å²) in [6.45, 7) is 0. The number of benzene rings is 2. The van der Waals surface area contributed by atoms with Gasteiger partial charge in [0.15, 0.2) is 5.78 Å². The van der Waals surface area contributed by atoms with Gasteiger partial charge in [-0.1, -0.05) is 43.5 Å². The molecule has 0 radical (unpaired) electrons. The van der Waals surface area contributed by atoms with Crippen molar-refractivity contribution in [3.8, 4) is 16.9 Å². The maximum Gasteiger partial charge on any atom is 0.169 e. The monoisotopic (exact) mass is 306 g/mol. The second-order valence-electron chi connectivity index (χ2n) is 6.95. The maximum absolute atomic E-state index is 13.1. The summed E-state index contributed by atoms with van der Waals surface area (Å²) >= 11 is 0. The Bertz CT molecular complexity index is 754. The molecule has 2 aromatic rings. The van der Waals surface area contributed by atoms with Gasteiger partial charge >= 0.3 is 0 Å². The summed E-state index contributed by atoms with van der Waals surface area (Å²) in [5, 5.41) is 0. The molecular formula is C21H22O2. The van der Waals surface area contributed by atoms with Crippen LogP contribution in [-0.2, 0) is 6.42 Å². The molecule has 23 heavy (non-hydrogen) atoms. The normalized spacial score (nSPS) is 18.9. The van der Waals surface area contributed by atoms with Crippen molar-refractivity contribution < 1.29 is 9.53 Å². The molecule has 4 rings (SSSR count). The van der Waals surface area contributed by atoms with Gasteiger partial charge in [-0.15, -0.1) is 0 Å². The summed E-state index contributed by atoms with van der Waals surface area (Å²) in [7, 11) is 1.68. The van der Waals surface area contributed by atoms with Crippen molar-refractivity contribution in [3.63, 3.8) is 0 Å². The number of hydrogen-bond donors (Lipinski definition) is 0. The minimum absolute atomic E-state index is 0.0897. The quantitative estimate of drug-likeness (QED) is 0.776. The van der Waals surface area contributed by atoms with E-state index in [-0.39, 0.29) is 5.41 Å². The molecule has 2 heteroatoms. The molecule has 2 nitrogen and oxygen atoms in total. The predicted octanol–water partition coefficient (Wildman–Crippen LogP) is 5.05. The number of hydrogen-bond acceptors (Lipinski definition) is 2. The highest BCUT2D eigenvalue weighted by molar-refractivity contribution is 6.05. The molecule has 2 aliphatic carbocycles. The Morgan fingerprint density at radius 2 is 1.74 bits per heavy atom. The molecule has 1 saturated carbocycles. The highest BCUT2D eigenvalue weighted by Crippen LogP contribution is 2.47. The van der Waals surface area contributed by atoms with Crippen LogP contribution in [0.1, 0.15) is 48.0 Å². The van der Waals surface area contributed by atoms with Crippen LogP contribution in [-0.4, -0.2) is 12.9 Å². The van der Waals surface area contributed by atoms with Crippen molar-refractivity contribution >= 4 is 5.78 Å². The Labute approximate surface area is 137 Å². The Kier molecular flexibility index (Phi) is 3.48. The van der Waals surface area contributed by atoms with E-state index in [1.165, 1.54) is 24.8 Å². The van der Waals surface area contributed by atoms with Crippen molar-refractivity contribution in [2.75, 3.05) is 7.11 Å². The Balaban J connectivity index is 1.72. The average molecular weight is 306 g/mol. The van der Waals surface area contributed by atoms with Gasteiger partial charge in [0.25, 0.3) is 0 Å². The first kappa shape index (κ1) is 14.5. The molecule has 0 heterocycles. The van der Waals surface area contributed by atoms with Crippen LogP contribution in [0.25, 0.3) is 11.1 Å². The third kappa shape index (κ3) is 2.37. The molecule has 1 spiro atoms. The number of rotatable bonds is 2. The van der Waals surface area contributed by atoms with Crippen LogP contribution in [0.5, 0.6) is 5.75 Å². The lowest BCUT2D eigenvalue weighted by atomic mass is 9.71. The summed E-state index contributed by atoms with van der Waals surface area (Å²) in [4.78, 5) is 13.1. The van der Waals surface area contributed by atoms with Gasteiger partial charge in [-0.2, -0.15) is 0 Å². The van der Waals surface area contributed by atoms with E-state index in [9.17, 15) is 4.79 Å². The molecule has 118 valence electrons. The van der Waals surface area contributed by atoms with Crippen LogP contribution in [0.3, 0.4) is 0 Å². The molecule has 0 aliphatic heterocycles. The van der Waals surface area contributed by atoms with Crippen molar-refractivity contribution in [1.82, 2.24) is 0 Å². The van der Waals surface area contributed by atoms with Crippen LogP contribution in [0.2, 0.25) is 0 Å². The standard InChI is InChI=1S/C21H22O2/c1-23-18-7-5-6-15(12-18)16-8-9-17-14-21(10-3-2-4-11-21)20(22)19(17)13-16/h5-9,12-13H,2-4,10-11,14H2,1H3. The minimum Gasteiger partial charge on any atom is -0.497 e. The summed E-state index contributed by atoms with van der Waals surface area (Å²) in [6.07, 6.45) is 6.74. The number of carbonyl (C=O) groups excluding carboxylic acids is 1. The molecule has 0 bridgehead atoms. The first-order valence-electron chi connectivity index (χ1n) is 8.54. The molecule has 0 saturated heterocycles. The van der Waals surface area contributed by atoms with E-state index >= 15 is 0 Å². The first-order chi connectivity index (χ1) is 11.2. The van der Waals surface area contributed by atoms with Gasteiger partial charge in [-0.3, -0.25) is 4.79 Å². The SMILES string of the molecule is COc1cccc(-c2ccc3c(c2)C(=O)C2(CCCCC2)C3)c1. The highest BCUT2D eigenvalue weighted by Gasteiger charge is 2.45. The molecule has 0 aromatic heterocycles. The van der Waals surface area contributed by atoms with Gasteiger partial charge in [0.05, 0.1) is 7.11 Å². The minimum atomic E-state index is -0.0897. The summed E-state index contributed by atoms with van der Waals surface area (Å²) in [5.74, 6) is 1.23. The number of Topliss-reactive ketones (excluding diaryl/α,β-unsaturated/α-hetero) is 1. The molecule has 2 aliphatic rings. The largest absolute Gasteiger partial charge is 0.497 e. The molecule has 0 unspecified atom stereocenters. The second-order valence-corrected chi connectivity index (χ2v) is 6.95. The smallest absolute Gasteiger partial charge is 0.169 e. The number of fused-ring (bicyclic) bond motifs is 1. The van der Waals surface area contributed by atoms with E-state index < -0.39 is 0 Å². The summed E-state index contributed by atoms with van der Waals surface area (Å²) in [6, 6.07) is 14.4. The van der Waals surface area contributed by atoms with Gasteiger partial charge in [-0.25, -0.2) is 0 Å². The molecule has 0 N–H and O–H groups in total. The number of methoxy groups -OCH3 is 1. The van der Waals surface area contributed by atoms with E-state index in [0.717, 1.165) is 41.7 Å². The molecular weight excluding hydrogens is 284 g/mol. The number of carbonyl (C=O) groups is 1. The van der Waals surface area contributed by atoms with Crippen molar-refractivity contribution in [1.29, 1.82) is 0 Å².